The van der Waals surface area contributed by atoms with E-state index >= 15 is 0 Å². The van der Waals surface area contributed by atoms with Crippen molar-refractivity contribution in [2.45, 2.75) is 6.04 Å². The fraction of sp³-hybridized carbons (Fsp3) is 0.462. The Morgan fingerprint density at radius 1 is 1.25 bits per heavy atom. The first-order valence-corrected chi connectivity index (χ1v) is 7.33. The van der Waals surface area contributed by atoms with E-state index in [0.717, 1.165) is 5.69 Å². The van der Waals surface area contributed by atoms with Gasteiger partial charge in [0, 0.05) is 36.2 Å². The number of rotatable bonds is 8. The normalized spacial score (nSPS) is 12.0. The molecule has 1 aromatic rings. The van der Waals surface area contributed by atoms with E-state index in [2.05, 4.69) is 10.2 Å². The Morgan fingerprint density at radius 3 is 2.25 bits per heavy atom. The maximum absolute atomic E-state index is 11.5. The molecule has 7 heteroatoms. The van der Waals surface area contributed by atoms with Gasteiger partial charge in [-0.2, -0.15) is 0 Å². The maximum Gasteiger partial charge on any atom is 0.243 e. The summed E-state index contributed by atoms with van der Waals surface area (Å²) in [5.41, 5.74) is 7.03. The van der Waals surface area contributed by atoms with Crippen LogP contribution < -0.4 is 16.0 Å². The molecule has 1 aromatic carbocycles. The van der Waals surface area contributed by atoms with Gasteiger partial charge in [-0.25, -0.2) is 0 Å². The van der Waals surface area contributed by atoms with E-state index in [1.165, 1.54) is 0 Å². The summed E-state index contributed by atoms with van der Waals surface area (Å²) >= 11 is 11.5. The van der Waals surface area contributed by atoms with Crippen molar-refractivity contribution in [1.29, 1.82) is 0 Å². The molecule has 0 aromatic heterocycles. The molecule has 0 spiro atoms. The number of nitrogens with one attached hydrogen (secondary N) is 1. The van der Waals surface area contributed by atoms with E-state index in [1.54, 1.807) is 12.1 Å². The number of carbonyl (C=O) groups excluding carboxylic acids is 1. The highest BCUT2D eigenvalue weighted by atomic mass is 35.5. The van der Waals surface area contributed by atoms with Crippen molar-refractivity contribution in [2.24, 2.45) is 5.73 Å². The number of hydrogen-bond donors (Lipinski definition) is 3. The molecule has 112 valence electrons. The fourth-order valence-electron chi connectivity index (χ4n) is 1.65. The Bertz CT molecular complexity index is 409. The zero-order valence-electron chi connectivity index (χ0n) is 11.1. The molecule has 1 unspecified atom stereocenters. The van der Waals surface area contributed by atoms with E-state index in [9.17, 15) is 4.79 Å². The number of carbonyl (C=O) groups is 1. The van der Waals surface area contributed by atoms with Crippen molar-refractivity contribution in [3.05, 3.63) is 24.3 Å². The number of benzene rings is 1. The lowest BCUT2D eigenvalue weighted by atomic mass is 10.2. The highest BCUT2D eigenvalue weighted by molar-refractivity contribution is 6.18. The van der Waals surface area contributed by atoms with Gasteiger partial charge in [0.05, 0.1) is 6.61 Å². The zero-order chi connectivity index (χ0) is 15.0. The molecule has 0 aliphatic rings. The monoisotopic (exact) mass is 319 g/mol. The zero-order valence-corrected chi connectivity index (χ0v) is 12.6. The van der Waals surface area contributed by atoms with Crippen molar-refractivity contribution < 1.29 is 9.90 Å². The van der Waals surface area contributed by atoms with Gasteiger partial charge < -0.3 is 21.1 Å². The lowest BCUT2D eigenvalue weighted by molar-refractivity contribution is -0.118. The predicted molar refractivity (Wildman–Crippen MR) is 83.8 cm³/mol. The molecule has 0 fully saturated rings. The lowest BCUT2D eigenvalue weighted by Gasteiger charge is -2.23. The van der Waals surface area contributed by atoms with Crippen LogP contribution in [0.1, 0.15) is 0 Å². The summed E-state index contributed by atoms with van der Waals surface area (Å²) in [6.07, 6.45) is 0. The Morgan fingerprint density at radius 2 is 1.80 bits per heavy atom. The maximum atomic E-state index is 11.5. The minimum absolute atomic E-state index is 0.386. The topological polar surface area (TPSA) is 78.6 Å². The molecule has 1 amide bonds. The van der Waals surface area contributed by atoms with E-state index in [4.69, 9.17) is 34.0 Å². The van der Waals surface area contributed by atoms with Crippen LogP contribution in [0.25, 0.3) is 0 Å². The summed E-state index contributed by atoms with van der Waals surface area (Å²) in [6, 6.07) is 6.37. The summed E-state index contributed by atoms with van der Waals surface area (Å²) < 4.78 is 0. The summed E-state index contributed by atoms with van der Waals surface area (Å²) in [5.74, 6) is 0.611. The second kappa shape index (κ2) is 9.02. The van der Waals surface area contributed by atoms with Crippen LogP contribution in [0.5, 0.6) is 0 Å². The number of amides is 1. The standard InChI is InChI=1S/C13H19Cl2N3O2/c14-5-7-18(8-6-15)11-3-1-10(2-4-11)17-13(20)12(16)9-19/h1-4,12,19H,5-9,16H2,(H,17,20). The molecule has 0 aliphatic heterocycles. The van der Waals surface area contributed by atoms with Crippen molar-refractivity contribution in [3.8, 4) is 0 Å². The number of nitrogens with two attached hydrogens (primary N) is 1. The largest absolute Gasteiger partial charge is 0.394 e. The van der Waals surface area contributed by atoms with Gasteiger partial charge in [0.15, 0.2) is 0 Å². The van der Waals surface area contributed by atoms with Crippen molar-refractivity contribution in [1.82, 2.24) is 0 Å². The van der Waals surface area contributed by atoms with Gasteiger partial charge in [-0.1, -0.05) is 0 Å². The van der Waals surface area contributed by atoms with Crippen LogP contribution >= 0.6 is 23.2 Å². The number of hydrogen-bond acceptors (Lipinski definition) is 4. The number of halogens is 2. The van der Waals surface area contributed by atoms with Crippen LogP contribution in [-0.4, -0.2) is 48.5 Å². The molecular weight excluding hydrogens is 301 g/mol. The molecule has 0 aliphatic carbocycles. The van der Waals surface area contributed by atoms with Gasteiger partial charge in [-0.05, 0) is 24.3 Å². The molecule has 1 atom stereocenters. The molecule has 1 rings (SSSR count). The SMILES string of the molecule is NC(CO)C(=O)Nc1ccc(N(CCCl)CCCl)cc1. The number of alkyl halides is 2. The Kier molecular flexibility index (Phi) is 7.69. The summed E-state index contributed by atoms with van der Waals surface area (Å²) in [7, 11) is 0. The van der Waals surface area contributed by atoms with E-state index in [0.29, 0.717) is 30.5 Å². The average Bonchev–Trinajstić information content (AvgIpc) is 2.47. The molecule has 20 heavy (non-hydrogen) atoms. The molecule has 0 heterocycles. The van der Waals surface area contributed by atoms with E-state index < -0.39 is 11.9 Å². The Labute approximate surface area is 128 Å². The minimum Gasteiger partial charge on any atom is -0.394 e. The van der Waals surface area contributed by atoms with Crippen molar-refractivity contribution in [2.75, 3.05) is 41.7 Å². The smallest absolute Gasteiger partial charge is 0.243 e. The van der Waals surface area contributed by atoms with E-state index in [1.807, 2.05) is 12.1 Å². The van der Waals surface area contributed by atoms with Gasteiger partial charge in [0.2, 0.25) is 5.91 Å². The summed E-state index contributed by atoms with van der Waals surface area (Å²) in [6.45, 7) is 1.02. The highest BCUT2D eigenvalue weighted by Gasteiger charge is 2.12. The third-order valence-corrected chi connectivity index (χ3v) is 3.08. The van der Waals surface area contributed by atoms with Crippen LogP contribution in [0.3, 0.4) is 0 Å². The second-order valence-electron chi connectivity index (χ2n) is 4.19. The Hall–Kier alpha value is -1.01. The van der Waals surface area contributed by atoms with Crippen molar-refractivity contribution in [3.63, 3.8) is 0 Å². The van der Waals surface area contributed by atoms with E-state index in [-0.39, 0.29) is 6.61 Å². The number of anilines is 2. The minimum atomic E-state index is -0.918. The fourth-order valence-corrected chi connectivity index (χ4v) is 2.06. The van der Waals surface area contributed by atoms with Crippen LogP contribution in [0.15, 0.2) is 24.3 Å². The first kappa shape index (κ1) is 17.0. The number of nitrogens with zero attached hydrogens (tertiary/aromatic N) is 1. The molecule has 0 radical (unpaired) electrons. The molecule has 5 nitrogen and oxygen atoms in total. The Balaban J connectivity index is 2.69. The van der Waals surface area contributed by atoms with Gasteiger partial charge in [0.25, 0.3) is 0 Å². The quantitative estimate of drug-likeness (QED) is 0.630. The van der Waals surface area contributed by atoms with Gasteiger partial charge in [0.1, 0.15) is 6.04 Å². The predicted octanol–water partition coefficient (Wildman–Crippen LogP) is 1.23. The van der Waals surface area contributed by atoms with Gasteiger partial charge >= 0.3 is 0 Å². The summed E-state index contributed by atoms with van der Waals surface area (Å²) in [4.78, 5) is 13.6. The first-order valence-electron chi connectivity index (χ1n) is 6.26. The number of aliphatic hydroxyl groups excluding tert-OH is 1. The highest BCUT2D eigenvalue weighted by Crippen LogP contribution is 2.18. The second-order valence-corrected chi connectivity index (χ2v) is 4.95. The van der Waals surface area contributed by atoms with Crippen LogP contribution in [0, 0.1) is 0 Å². The first-order chi connectivity index (χ1) is 9.62. The molecule has 0 saturated heterocycles. The van der Waals surface area contributed by atoms with Gasteiger partial charge in [-0.15, -0.1) is 23.2 Å². The average molecular weight is 320 g/mol. The molecule has 4 N–H and O–H groups in total. The van der Waals surface area contributed by atoms with Gasteiger partial charge in [-0.3, -0.25) is 4.79 Å². The molecule has 0 saturated carbocycles. The third-order valence-electron chi connectivity index (χ3n) is 2.74. The molecular formula is C13H19Cl2N3O2. The molecule has 0 bridgehead atoms. The van der Waals surface area contributed by atoms with Crippen LogP contribution in [0.2, 0.25) is 0 Å². The van der Waals surface area contributed by atoms with Crippen LogP contribution in [-0.2, 0) is 4.79 Å². The van der Waals surface area contributed by atoms with Crippen molar-refractivity contribution >= 4 is 40.5 Å². The van der Waals surface area contributed by atoms with Crippen LogP contribution in [0.4, 0.5) is 11.4 Å². The third kappa shape index (κ3) is 5.17. The summed E-state index contributed by atoms with van der Waals surface area (Å²) in [5, 5.41) is 11.4. The number of aliphatic hydroxyl groups is 1. The lowest BCUT2D eigenvalue weighted by Crippen LogP contribution is -2.38.